The lowest BCUT2D eigenvalue weighted by Crippen LogP contribution is -2.32. The summed E-state index contributed by atoms with van der Waals surface area (Å²) in [6, 6.07) is 102. The van der Waals surface area contributed by atoms with Crippen LogP contribution in [0.5, 0.6) is 11.5 Å². The molecule has 0 fully saturated rings. The van der Waals surface area contributed by atoms with Crippen molar-refractivity contribution >= 4 is 116 Å². The molecule has 444 valence electrons. The number of aromatic nitrogens is 6. The molecule has 0 saturated carbocycles. The summed E-state index contributed by atoms with van der Waals surface area (Å²) in [5.74, 6) is 1.39. The van der Waals surface area contributed by atoms with Crippen LogP contribution in [0.2, 0.25) is 0 Å². The van der Waals surface area contributed by atoms with Gasteiger partial charge in [0.15, 0.2) is 0 Å². The SMILES string of the molecule is N#Cc1ccc2c(c1)c1ccccc1n2-c1cnc2c(c1)C1(c3ccc(-n4c5ccccc5c5ccccc54)cc3Oc3cc(-n4c5ccccc5c5cc(N6c7ccccc7Sc7ccccc76)ccc54)ccc31)c1cc(-n3c4ccccc4c4cc(C#N)ccc43)cnc1-2. The molecule has 2 aliphatic heterocycles. The molecule has 12 aromatic carbocycles. The molecule has 1 spiro atoms. The summed E-state index contributed by atoms with van der Waals surface area (Å²) >= 11 is 1.81. The van der Waals surface area contributed by atoms with Gasteiger partial charge in [-0.15, -0.1) is 0 Å². The zero-order chi connectivity index (χ0) is 63.1. The maximum Gasteiger partial charge on any atom is 0.134 e. The number of fused-ring (bicyclic) bond motifs is 23. The predicted octanol–water partition coefficient (Wildman–Crippen LogP) is 21.0. The summed E-state index contributed by atoms with van der Waals surface area (Å²) < 4.78 is 17.0. The van der Waals surface area contributed by atoms with E-state index >= 15 is 0 Å². The fraction of sp³-hybridized carbons (Fsp3) is 0.0118. The van der Waals surface area contributed by atoms with Crippen LogP contribution in [0.1, 0.15) is 33.4 Å². The van der Waals surface area contributed by atoms with Crippen LogP contribution in [-0.4, -0.2) is 28.2 Å². The van der Waals surface area contributed by atoms with Crippen LogP contribution in [0.25, 0.3) is 121 Å². The number of ether oxygens (including phenoxy) is 1. The molecule has 3 aliphatic rings. The van der Waals surface area contributed by atoms with E-state index in [4.69, 9.17) is 14.7 Å². The largest absolute Gasteiger partial charge is 0.457 e. The number of anilines is 3. The van der Waals surface area contributed by atoms with E-state index in [9.17, 15) is 10.5 Å². The number of nitrogens with zero attached hydrogens (tertiary/aromatic N) is 9. The van der Waals surface area contributed by atoms with Crippen molar-refractivity contribution in [1.29, 1.82) is 10.5 Å². The van der Waals surface area contributed by atoms with Gasteiger partial charge in [-0.1, -0.05) is 139 Å². The summed E-state index contributed by atoms with van der Waals surface area (Å²) in [6.07, 6.45) is 3.96. The summed E-state index contributed by atoms with van der Waals surface area (Å²) in [4.78, 5) is 16.0. The van der Waals surface area contributed by atoms with Gasteiger partial charge in [0.2, 0.25) is 0 Å². The van der Waals surface area contributed by atoms with Crippen LogP contribution in [-0.2, 0) is 5.41 Å². The maximum absolute atomic E-state index is 10.2. The summed E-state index contributed by atoms with van der Waals surface area (Å²) in [5.41, 5.74) is 20.6. The number of pyridine rings is 2. The molecule has 8 heterocycles. The molecule has 0 amide bonds. The molecule has 11 heteroatoms. The Bertz CT molecular complexity index is 6330. The molecule has 0 radical (unpaired) electrons. The average molecular weight is 1240 g/mol. The van der Waals surface area contributed by atoms with E-state index in [0.29, 0.717) is 22.6 Å². The topological polar surface area (TPSA) is 106 Å². The number of para-hydroxylation sites is 7. The highest BCUT2D eigenvalue weighted by Gasteiger charge is 2.53. The molecule has 0 atom stereocenters. The van der Waals surface area contributed by atoms with Crippen molar-refractivity contribution in [3.05, 3.63) is 319 Å². The van der Waals surface area contributed by atoms with E-state index in [-0.39, 0.29) is 0 Å². The van der Waals surface area contributed by atoms with Crippen molar-refractivity contribution < 1.29 is 4.74 Å². The van der Waals surface area contributed by atoms with E-state index < -0.39 is 5.41 Å². The second-order valence-electron chi connectivity index (χ2n) is 25.1. The summed E-state index contributed by atoms with van der Waals surface area (Å²) in [5, 5.41) is 29.1. The Balaban J connectivity index is 0.848. The maximum atomic E-state index is 10.2. The third-order valence-electron chi connectivity index (χ3n) is 20.3. The van der Waals surface area contributed by atoms with Crippen LogP contribution in [0.15, 0.2) is 295 Å². The van der Waals surface area contributed by atoms with Gasteiger partial charge >= 0.3 is 0 Å². The first-order valence-corrected chi connectivity index (χ1v) is 32.9. The monoisotopic (exact) mass is 1240 g/mol. The van der Waals surface area contributed by atoms with Crippen molar-refractivity contribution in [3.63, 3.8) is 0 Å². The minimum Gasteiger partial charge on any atom is -0.457 e. The average Bonchev–Trinajstić information content (AvgIpc) is 1.46. The number of rotatable bonds is 5. The van der Waals surface area contributed by atoms with Crippen molar-refractivity contribution in [3.8, 4) is 57.8 Å². The van der Waals surface area contributed by atoms with Gasteiger partial charge in [0.25, 0.3) is 0 Å². The molecule has 0 N–H and O–H groups in total. The highest BCUT2D eigenvalue weighted by molar-refractivity contribution is 7.99. The molecule has 0 saturated heterocycles. The second kappa shape index (κ2) is 19.6. The smallest absolute Gasteiger partial charge is 0.134 e. The molecule has 1 aliphatic carbocycles. The number of hydrogen-bond donors (Lipinski definition) is 0. The molecule has 18 aromatic rings. The van der Waals surface area contributed by atoms with Crippen LogP contribution >= 0.6 is 11.8 Å². The highest BCUT2D eigenvalue weighted by atomic mass is 32.2. The van der Waals surface area contributed by atoms with E-state index in [1.54, 1.807) is 0 Å². The lowest BCUT2D eigenvalue weighted by Gasteiger charge is -2.39. The van der Waals surface area contributed by atoms with Crippen molar-refractivity contribution in [1.82, 2.24) is 28.2 Å². The van der Waals surface area contributed by atoms with Gasteiger partial charge in [0.1, 0.15) is 11.5 Å². The predicted molar refractivity (Wildman–Crippen MR) is 385 cm³/mol. The van der Waals surface area contributed by atoms with Gasteiger partial charge in [-0.2, -0.15) is 10.5 Å². The molecule has 10 nitrogen and oxygen atoms in total. The van der Waals surface area contributed by atoms with E-state index in [1.807, 2.05) is 48.4 Å². The third-order valence-corrected chi connectivity index (χ3v) is 21.4. The standard InChI is InChI=1S/C85H47N9OS/c86-46-50-29-36-74-62(39-50)59-17-3-9-23-72(59)93(74)55-42-67-83(88-48-55)84-68(43-56(49-89-84)94-73-24-10-4-18-60(73)63-40-51(47-87)30-37-75(63)94)85(67)65-34-31-53(90-69-20-6-1-15-57(69)58-16-2-7-21-70(58)90)44-79(65)95-80-45-54(32-35-66(80)85)91-71-22-8-5-19-61(71)64-41-52(33-38-76(64)91)92-77-25-11-13-27-81(77)96-82-28-14-12-26-78(82)92/h1-45,48-49H. The van der Waals surface area contributed by atoms with Crippen LogP contribution < -0.4 is 9.64 Å². The Hall–Kier alpha value is -12.9. The van der Waals surface area contributed by atoms with E-state index in [2.05, 4.69) is 284 Å². The fourth-order valence-corrected chi connectivity index (χ4v) is 17.4. The van der Waals surface area contributed by atoms with Gasteiger partial charge in [-0.25, -0.2) is 0 Å². The van der Waals surface area contributed by atoms with Crippen LogP contribution in [0, 0.1) is 22.7 Å². The fourth-order valence-electron chi connectivity index (χ4n) is 16.4. The Kier molecular flexibility index (Phi) is 10.7. The quantitative estimate of drug-likeness (QED) is 0.169. The number of hydrogen-bond acceptors (Lipinski definition) is 7. The van der Waals surface area contributed by atoms with Crippen molar-refractivity contribution in [2.75, 3.05) is 4.90 Å². The lowest BCUT2D eigenvalue weighted by molar-refractivity contribution is 0.436. The molecule has 96 heavy (non-hydrogen) atoms. The molecule has 6 aromatic heterocycles. The summed E-state index contributed by atoms with van der Waals surface area (Å²) in [6.45, 7) is 0. The van der Waals surface area contributed by atoms with Gasteiger partial charge in [-0.05, 0) is 133 Å². The zero-order valence-electron chi connectivity index (χ0n) is 51.0. The first kappa shape index (κ1) is 52.7. The normalized spacial score (nSPS) is 13.3. The molecule has 0 unspecified atom stereocenters. The lowest BCUT2D eigenvalue weighted by atomic mass is 9.66. The third kappa shape index (κ3) is 7.07. The van der Waals surface area contributed by atoms with Gasteiger partial charge in [-0.3, -0.25) is 9.97 Å². The van der Waals surface area contributed by atoms with Crippen LogP contribution in [0.4, 0.5) is 17.1 Å². The number of benzene rings is 12. The minimum atomic E-state index is -1.11. The number of nitriles is 2. The summed E-state index contributed by atoms with van der Waals surface area (Å²) in [7, 11) is 0. The van der Waals surface area contributed by atoms with Crippen molar-refractivity contribution in [2.24, 2.45) is 0 Å². The van der Waals surface area contributed by atoms with E-state index in [1.165, 1.54) is 20.6 Å². The van der Waals surface area contributed by atoms with Crippen LogP contribution in [0.3, 0.4) is 0 Å². The molecule has 21 rings (SSSR count). The van der Waals surface area contributed by atoms with E-state index in [0.717, 1.165) is 150 Å². The Morgan fingerprint density at radius 2 is 0.667 bits per heavy atom. The molecular weight excluding hydrogens is 1200 g/mol. The van der Waals surface area contributed by atoms with Gasteiger partial charge in [0.05, 0.1) is 119 Å². The Morgan fingerprint density at radius 1 is 0.312 bits per heavy atom. The Morgan fingerprint density at radius 3 is 1.10 bits per heavy atom. The first-order chi connectivity index (χ1) is 47.5. The minimum absolute atomic E-state index is 0.595. The second-order valence-corrected chi connectivity index (χ2v) is 26.2. The zero-order valence-corrected chi connectivity index (χ0v) is 51.8. The highest BCUT2D eigenvalue weighted by Crippen LogP contribution is 2.63. The van der Waals surface area contributed by atoms with Gasteiger partial charge in [0, 0.05) is 104 Å². The Labute approximate surface area is 552 Å². The van der Waals surface area contributed by atoms with Gasteiger partial charge < -0.3 is 27.9 Å². The van der Waals surface area contributed by atoms with Crippen molar-refractivity contribution in [2.45, 2.75) is 15.2 Å². The molecular formula is C85H47N9OS. The molecule has 0 bridgehead atoms. The first-order valence-electron chi connectivity index (χ1n) is 32.0.